The average molecular weight is 334 g/mol. The van der Waals surface area contributed by atoms with E-state index in [1.807, 2.05) is 31.2 Å². The van der Waals surface area contributed by atoms with Gasteiger partial charge in [0.25, 0.3) is 0 Å². The predicted octanol–water partition coefficient (Wildman–Crippen LogP) is 4.33. The third kappa shape index (κ3) is 3.41. The maximum absolute atomic E-state index is 9.82. The van der Waals surface area contributed by atoms with E-state index in [-0.39, 0.29) is 6.61 Å². The van der Waals surface area contributed by atoms with Crippen LogP contribution < -0.4 is 5.32 Å². The molecule has 0 aromatic heterocycles. The molecule has 20 heavy (non-hydrogen) atoms. The number of halogens is 1. The van der Waals surface area contributed by atoms with Gasteiger partial charge in [0.05, 0.1) is 12.1 Å². The molecule has 0 amide bonds. The van der Waals surface area contributed by atoms with E-state index in [2.05, 4.69) is 52.4 Å². The van der Waals surface area contributed by atoms with Crippen LogP contribution in [0.3, 0.4) is 0 Å². The fraction of sp³-hybridized carbons (Fsp3) is 0.294. The molecule has 2 aromatic carbocycles. The van der Waals surface area contributed by atoms with Crippen molar-refractivity contribution in [2.45, 2.75) is 25.8 Å². The second-order valence-corrected chi connectivity index (χ2v) is 6.09. The normalized spacial score (nSPS) is 13.8. The highest BCUT2D eigenvalue weighted by Crippen LogP contribution is 2.27. The van der Waals surface area contributed by atoms with Gasteiger partial charge in [-0.15, -0.1) is 0 Å². The maximum Gasteiger partial charge on any atom is 0.0828 e. The Balaban J connectivity index is 2.27. The Labute approximate surface area is 129 Å². The first-order chi connectivity index (χ1) is 9.57. The summed E-state index contributed by atoms with van der Waals surface area (Å²) in [4.78, 5) is 0. The van der Waals surface area contributed by atoms with Crippen molar-refractivity contribution in [3.8, 4) is 0 Å². The van der Waals surface area contributed by atoms with Crippen molar-refractivity contribution in [2.75, 3.05) is 11.9 Å². The van der Waals surface area contributed by atoms with Crippen molar-refractivity contribution < 1.29 is 5.11 Å². The second-order valence-electron chi connectivity index (χ2n) is 5.18. The Morgan fingerprint density at radius 2 is 1.85 bits per heavy atom. The van der Waals surface area contributed by atoms with Gasteiger partial charge in [0.2, 0.25) is 0 Å². The van der Waals surface area contributed by atoms with E-state index in [1.54, 1.807) is 0 Å². The van der Waals surface area contributed by atoms with Crippen LogP contribution in [-0.2, 0) is 12.0 Å². The van der Waals surface area contributed by atoms with E-state index in [0.29, 0.717) is 0 Å². The van der Waals surface area contributed by atoms with Crippen LogP contribution in [0.5, 0.6) is 0 Å². The smallest absolute Gasteiger partial charge is 0.0828 e. The summed E-state index contributed by atoms with van der Waals surface area (Å²) >= 11 is 3.46. The molecule has 3 heteroatoms. The van der Waals surface area contributed by atoms with Gasteiger partial charge in [-0.2, -0.15) is 0 Å². The molecule has 0 spiro atoms. The van der Waals surface area contributed by atoms with Crippen LogP contribution in [0.4, 0.5) is 5.69 Å². The van der Waals surface area contributed by atoms with Crippen LogP contribution in [0.2, 0.25) is 0 Å². The minimum atomic E-state index is -0.493. The molecule has 1 unspecified atom stereocenters. The van der Waals surface area contributed by atoms with E-state index < -0.39 is 5.54 Å². The number of aryl methyl sites for hydroxylation is 1. The van der Waals surface area contributed by atoms with Crippen LogP contribution in [0.25, 0.3) is 0 Å². The Hall–Kier alpha value is -1.32. The van der Waals surface area contributed by atoms with Crippen molar-refractivity contribution in [1.82, 2.24) is 0 Å². The summed E-state index contributed by atoms with van der Waals surface area (Å²) in [6, 6.07) is 16.4. The summed E-state index contributed by atoms with van der Waals surface area (Å²) in [6.45, 7) is 4.18. The van der Waals surface area contributed by atoms with Gasteiger partial charge in [-0.25, -0.2) is 0 Å². The molecule has 2 rings (SSSR count). The first-order valence-electron chi connectivity index (χ1n) is 6.81. The number of rotatable bonds is 5. The molecule has 0 heterocycles. The molecule has 2 nitrogen and oxygen atoms in total. The fourth-order valence-electron chi connectivity index (χ4n) is 2.20. The number of hydrogen-bond acceptors (Lipinski definition) is 2. The molecule has 0 radical (unpaired) electrons. The lowest BCUT2D eigenvalue weighted by Gasteiger charge is -2.31. The van der Waals surface area contributed by atoms with E-state index in [9.17, 15) is 5.11 Å². The van der Waals surface area contributed by atoms with Crippen molar-refractivity contribution in [3.63, 3.8) is 0 Å². The number of anilines is 1. The van der Waals surface area contributed by atoms with Crippen LogP contribution in [0.1, 0.15) is 25.0 Å². The lowest BCUT2D eigenvalue weighted by atomic mass is 9.91. The highest BCUT2D eigenvalue weighted by atomic mass is 79.9. The first kappa shape index (κ1) is 15.1. The number of aliphatic hydroxyl groups is 1. The van der Waals surface area contributed by atoms with E-state index >= 15 is 0 Å². The third-order valence-corrected chi connectivity index (χ3v) is 4.05. The quantitative estimate of drug-likeness (QED) is 0.853. The lowest BCUT2D eigenvalue weighted by Crippen LogP contribution is -2.35. The van der Waals surface area contributed by atoms with Gasteiger partial charge >= 0.3 is 0 Å². The molecule has 0 saturated heterocycles. The summed E-state index contributed by atoms with van der Waals surface area (Å²) < 4.78 is 1.02. The van der Waals surface area contributed by atoms with E-state index in [1.165, 1.54) is 5.56 Å². The zero-order valence-electron chi connectivity index (χ0n) is 11.9. The molecule has 0 aliphatic carbocycles. The summed E-state index contributed by atoms with van der Waals surface area (Å²) in [5, 5.41) is 13.2. The molecule has 1 atom stereocenters. The zero-order valence-corrected chi connectivity index (χ0v) is 13.4. The maximum atomic E-state index is 9.82. The Morgan fingerprint density at radius 3 is 2.40 bits per heavy atom. The fourth-order valence-corrected chi connectivity index (χ4v) is 2.60. The minimum Gasteiger partial charge on any atom is -0.394 e. The number of hydrogen-bond donors (Lipinski definition) is 2. The molecule has 0 aliphatic rings. The van der Waals surface area contributed by atoms with Crippen molar-refractivity contribution in [2.24, 2.45) is 0 Å². The Morgan fingerprint density at radius 1 is 1.15 bits per heavy atom. The predicted molar refractivity (Wildman–Crippen MR) is 88.0 cm³/mol. The molecule has 2 N–H and O–H groups in total. The van der Waals surface area contributed by atoms with Crippen molar-refractivity contribution >= 4 is 21.6 Å². The average Bonchev–Trinajstić information content (AvgIpc) is 2.47. The zero-order chi connectivity index (χ0) is 14.6. The summed E-state index contributed by atoms with van der Waals surface area (Å²) in [5.41, 5.74) is 2.87. The van der Waals surface area contributed by atoms with Gasteiger partial charge in [0, 0.05) is 10.2 Å². The first-order valence-corrected chi connectivity index (χ1v) is 7.61. The van der Waals surface area contributed by atoms with Gasteiger partial charge in [0.1, 0.15) is 0 Å². The highest BCUT2D eigenvalue weighted by molar-refractivity contribution is 9.10. The second kappa shape index (κ2) is 6.42. The van der Waals surface area contributed by atoms with E-state index in [4.69, 9.17) is 0 Å². The van der Waals surface area contributed by atoms with Crippen LogP contribution in [0, 0.1) is 0 Å². The van der Waals surface area contributed by atoms with Crippen LogP contribution in [-0.4, -0.2) is 11.7 Å². The third-order valence-electron chi connectivity index (χ3n) is 3.56. The van der Waals surface area contributed by atoms with Gasteiger partial charge in [0.15, 0.2) is 0 Å². The molecule has 0 fully saturated rings. The molecule has 0 bridgehead atoms. The van der Waals surface area contributed by atoms with Gasteiger partial charge in [-0.1, -0.05) is 53.2 Å². The minimum absolute atomic E-state index is 0.0327. The molecular formula is C17H20BrNO. The van der Waals surface area contributed by atoms with Crippen LogP contribution >= 0.6 is 15.9 Å². The molecule has 0 saturated carbocycles. The number of nitrogens with one attached hydrogen (secondary N) is 1. The number of aliphatic hydroxyl groups excluding tert-OH is 1. The standard InChI is InChI=1S/C17H20BrNO/c1-3-13-7-9-14(10-8-13)17(2,12-20)19-16-6-4-5-15(18)11-16/h4-11,19-20H,3,12H2,1-2H3. The van der Waals surface area contributed by atoms with Crippen molar-refractivity contribution in [1.29, 1.82) is 0 Å². The summed E-state index contributed by atoms with van der Waals surface area (Å²) in [5.74, 6) is 0. The van der Waals surface area contributed by atoms with Crippen LogP contribution in [0.15, 0.2) is 53.0 Å². The molecule has 0 aliphatic heterocycles. The number of benzene rings is 2. The Kier molecular flexibility index (Phi) is 4.84. The highest BCUT2D eigenvalue weighted by Gasteiger charge is 2.25. The van der Waals surface area contributed by atoms with E-state index in [0.717, 1.165) is 22.1 Å². The largest absolute Gasteiger partial charge is 0.394 e. The monoisotopic (exact) mass is 333 g/mol. The summed E-state index contributed by atoms with van der Waals surface area (Å²) in [6.07, 6.45) is 1.02. The van der Waals surface area contributed by atoms with Gasteiger partial charge < -0.3 is 10.4 Å². The molecule has 106 valence electrons. The van der Waals surface area contributed by atoms with Gasteiger partial charge in [-0.05, 0) is 42.7 Å². The topological polar surface area (TPSA) is 32.3 Å². The summed E-state index contributed by atoms with van der Waals surface area (Å²) in [7, 11) is 0. The molecule has 2 aromatic rings. The SMILES string of the molecule is CCc1ccc(C(C)(CO)Nc2cccc(Br)c2)cc1. The van der Waals surface area contributed by atoms with Gasteiger partial charge in [-0.3, -0.25) is 0 Å². The van der Waals surface area contributed by atoms with Crippen molar-refractivity contribution in [3.05, 3.63) is 64.1 Å². The Bertz CT molecular complexity index is 567. The lowest BCUT2D eigenvalue weighted by molar-refractivity contribution is 0.224. The molecular weight excluding hydrogens is 314 g/mol.